The van der Waals surface area contributed by atoms with Crippen LogP contribution in [0.5, 0.6) is 5.75 Å². The summed E-state index contributed by atoms with van der Waals surface area (Å²) in [4.78, 5) is 9.43. The van der Waals surface area contributed by atoms with Gasteiger partial charge >= 0.3 is 0 Å². The number of halogens is 2. The highest BCUT2D eigenvalue weighted by molar-refractivity contribution is 9.10. The van der Waals surface area contributed by atoms with Crippen molar-refractivity contribution in [1.29, 1.82) is 0 Å². The van der Waals surface area contributed by atoms with Crippen molar-refractivity contribution in [3.05, 3.63) is 101 Å². The van der Waals surface area contributed by atoms with E-state index in [1.165, 1.54) is 18.5 Å². The average molecular weight is 668 g/mol. The molecule has 0 spiro atoms. The maximum absolute atomic E-state index is 13.5. The molecule has 1 unspecified atom stereocenters. The third-order valence-electron chi connectivity index (χ3n) is 7.34. The van der Waals surface area contributed by atoms with Crippen LogP contribution in [0.25, 0.3) is 10.9 Å². The second-order valence-corrected chi connectivity index (χ2v) is 12.5. The molecule has 0 saturated heterocycles. The van der Waals surface area contributed by atoms with E-state index in [0.717, 1.165) is 32.2 Å². The number of fused-ring (bicyclic) bond motifs is 1. The maximum atomic E-state index is 13.5. The Kier molecular flexibility index (Phi) is 9.74. The molecule has 4 aromatic rings. The molecule has 0 saturated carbocycles. The fourth-order valence-electron chi connectivity index (χ4n) is 4.97. The molecule has 2 N–H and O–H groups in total. The van der Waals surface area contributed by atoms with Gasteiger partial charge in [-0.15, -0.1) is 0 Å². The third kappa shape index (κ3) is 7.41. The summed E-state index contributed by atoms with van der Waals surface area (Å²) in [5, 5.41) is 7.51. The Hall–Kier alpha value is -3.80. The first-order valence-electron chi connectivity index (χ1n) is 13.9. The lowest BCUT2D eigenvalue weighted by Crippen LogP contribution is -2.33. The Morgan fingerprint density at radius 1 is 1.14 bits per heavy atom. The molecular weight excluding hydrogens is 635 g/mol. The first kappa shape index (κ1) is 30.7. The number of ether oxygens (including phenoxy) is 2. The highest BCUT2D eigenvalue weighted by Gasteiger charge is 2.35. The molecule has 0 aliphatic carbocycles. The molecule has 0 bridgehead atoms. The van der Waals surface area contributed by atoms with Gasteiger partial charge in [0.05, 0.1) is 21.1 Å². The fourth-order valence-corrected chi connectivity index (χ4v) is 6.07. The third-order valence-corrected chi connectivity index (χ3v) is 9.00. The number of nitrogens with one attached hydrogen (secondary N) is 2. The van der Waals surface area contributed by atoms with Crippen LogP contribution in [0.3, 0.4) is 0 Å². The molecule has 0 radical (unpaired) electrons. The van der Waals surface area contributed by atoms with E-state index < -0.39 is 15.9 Å². The number of benzene rings is 3. The lowest BCUT2D eigenvalue weighted by atomic mass is 9.87. The number of nitrogens with zero attached hydrogens (tertiary/aromatic N) is 2. The van der Waals surface area contributed by atoms with Crippen molar-refractivity contribution in [1.82, 2.24) is 15.3 Å². The Morgan fingerprint density at radius 2 is 2.00 bits per heavy atom. The normalized spacial score (nSPS) is 15.9. The second kappa shape index (κ2) is 13.7. The molecule has 1 aliphatic heterocycles. The topological polar surface area (TPSA) is 102 Å². The predicted molar refractivity (Wildman–Crippen MR) is 170 cm³/mol. The Morgan fingerprint density at radius 3 is 2.72 bits per heavy atom. The van der Waals surface area contributed by atoms with E-state index in [2.05, 4.69) is 42.6 Å². The van der Waals surface area contributed by atoms with Gasteiger partial charge in [-0.3, -0.25) is 0 Å². The smallest absolute Gasteiger partial charge is 0.214 e. The van der Waals surface area contributed by atoms with Gasteiger partial charge in [-0.2, -0.15) is 8.42 Å². The van der Waals surface area contributed by atoms with E-state index in [0.29, 0.717) is 42.4 Å². The average Bonchev–Trinajstić information content (AvgIpc) is 3.46. The summed E-state index contributed by atoms with van der Waals surface area (Å²) in [6, 6.07) is 18.0. The lowest BCUT2D eigenvalue weighted by Gasteiger charge is -2.30. The van der Waals surface area contributed by atoms with E-state index in [1.54, 1.807) is 12.3 Å². The van der Waals surface area contributed by atoms with Crippen LogP contribution >= 0.6 is 15.9 Å². The van der Waals surface area contributed by atoms with Gasteiger partial charge in [0, 0.05) is 30.5 Å². The zero-order valence-electron chi connectivity index (χ0n) is 23.8. The fraction of sp³-hybridized carbons (Fsp3) is 0.281. The Balaban J connectivity index is 1.32. The summed E-state index contributed by atoms with van der Waals surface area (Å²) >= 11 is 3.58. The van der Waals surface area contributed by atoms with Crippen molar-refractivity contribution in [2.45, 2.75) is 38.9 Å². The molecule has 5 rings (SSSR count). The van der Waals surface area contributed by atoms with Gasteiger partial charge in [0.15, 0.2) is 0 Å². The molecule has 43 heavy (non-hydrogen) atoms. The van der Waals surface area contributed by atoms with Crippen LogP contribution in [-0.2, 0) is 27.2 Å². The summed E-state index contributed by atoms with van der Waals surface area (Å²) in [6.07, 6.45) is 6.57. The lowest BCUT2D eigenvalue weighted by molar-refractivity contribution is 0.0331. The summed E-state index contributed by atoms with van der Waals surface area (Å²) in [7, 11) is -2.22. The SMILES string of the molecule is CC(C)C(CNCCC1(c2ccc3ncnc(Nc4ccc(OCc5cccc(F)c5)c(Br)c4)c3c2)CC=CO1)=S(=O)=O. The van der Waals surface area contributed by atoms with Crippen molar-refractivity contribution < 1.29 is 22.3 Å². The van der Waals surface area contributed by atoms with Crippen molar-refractivity contribution in [3.8, 4) is 5.75 Å². The van der Waals surface area contributed by atoms with Crippen molar-refractivity contribution >= 4 is 53.5 Å². The predicted octanol–water partition coefficient (Wildman–Crippen LogP) is 6.67. The molecule has 1 aromatic heterocycles. The van der Waals surface area contributed by atoms with Crippen LogP contribution in [-0.4, -0.2) is 36.3 Å². The van der Waals surface area contributed by atoms with Gasteiger partial charge in [0.1, 0.15) is 35.9 Å². The minimum atomic E-state index is -2.22. The van der Waals surface area contributed by atoms with Crippen molar-refractivity contribution in [3.63, 3.8) is 0 Å². The van der Waals surface area contributed by atoms with Crippen LogP contribution in [0.2, 0.25) is 0 Å². The monoisotopic (exact) mass is 666 g/mol. The molecule has 0 fully saturated rings. The van der Waals surface area contributed by atoms with Gasteiger partial charge < -0.3 is 20.1 Å². The second-order valence-electron chi connectivity index (χ2n) is 10.6. The van der Waals surface area contributed by atoms with E-state index in [-0.39, 0.29) is 18.3 Å². The zero-order valence-corrected chi connectivity index (χ0v) is 26.2. The highest BCUT2D eigenvalue weighted by Crippen LogP contribution is 2.40. The number of hydrogen-bond acceptors (Lipinski definition) is 8. The summed E-state index contributed by atoms with van der Waals surface area (Å²) in [6.45, 7) is 4.87. The minimum absolute atomic E-state index is 0.0554. The number of anilines is 2. The summed E-state index contributed by atoms with van der Waals surface area (Å²) in [5.74, 6) is 0.915. The quantitative estimate of drug-likeness (QED) is 0.128. The largest absolute Gasteiger partial charge is 0.490 e. The molecule has 224 valence electrons. The molecule has 1 aliphatic rings. The molecule has 1 atom stereocenters. The van der Waals surface area contributed by atoms with E-state index in [1.807, 2.05) is 56.3 Å². The molecule has 11 heteroatoms. The van der Waals surface area contributed by atoms with Crippen LogP contribution in [0.15, 0.2) is 83.8 Å². The van der Waals surface area contributed by atoms with Gasteiger partial charge in [-0.25, -0.2) is 14.4 Å². The van der Waals surface area contributed by atoms with E-state index >= 15 is 0 Å². The maximum Gasteiger partial charge on any atom is 0.214 e. The molecule has 2 heterocycles. The van der Waals surface area contributed by atoms with Crippen LogP contribution in [0, 0.1) is 11.7 Å². The van der Waals surface area contributed by atoms with Gasteiger partial charge in [-0.05, 0) is 88.1 Å². The van der Waals surface area contributed by atoms with Crippen LogP contribution < -0.4 is 15.4 Å². The number of hydrogen-bond donors (Lipinski definition) is 2. The minimum Gasteiger partial charge on any atom is -0.490 e. The summed E-state index contributed by atoms with van der Waals surface area (Å²) in [5.41, 5.74) is 2.70. The Labute approximate surface area is 260 Å². The van der Waals surface area contributed by atoms with Gasteiger partial charge in [-0.1, -0.05) is 32.0 Å². The summed E-state index contributed by atoms with van der Waals surface area (Å²) < 4.78 is 49.4. The van der Waals surface area contributed by atoms with Crippen LogP contribution in [0.4, 0.5) is 15.9 Å². The standard InChI is InChI=1S/C32H32BrFN4O4S/c1-21(2)30(43(39)40)18-35-13-12-32(11-4-14-42-32)23-7-9-28-26(16-23)31(37-20-36-28)38-25-8-10-29(27(33)17-25)41-19-22-5-3-6-24(34)15-22/h3-10,14-17,20-21,35H,11-13,18-19H2,1-2H3,(H,36,37,38). The van der Waals surface area contributed by atoms with Crippen LogP contribution in [0.1, 0.15) is 37.8 Å². The number of aromatic nitrogens is 2. The molecule has 0 amide bonds. The van der Waals surface area contributed by atoms with Gasteiger partial charge in [0.25, 0.3) is 0 Å². The molecule has 3 aromatic carbocycles. The first-order valence-corrected chi connectivity index (χ1v) is 15.8. The molecule has 8 nitrogen and oxygen atoms in total. The number of rotatable bonds is 12. The highest BCUT2D eigenvalue weighted by atomic mass is 79.9. The van der Waals surface area contributed by atoms with Gasteiger partial charge in [0.2, 0.25) is 10.3 Å². The van der Waals surface area contributed by atoms with E-state index in [9.17, 15) is 12.8 Å². The van der Waals surface area contributed by atoms with Crippen molar-refractivity contribution in [2.24, 2.45) is 5.92 Å². The van der Waals surface area contributed by atoms with Crippen molar-refractivity contribution in [2.75, 3.05) is 18.4 Å². The molecular formula is C32H32BrFN4O4S. The Bertz CT molecular complexity index is 1780. The first-order chi connectivity index (χ1) is 20.7. The van der Waals surface area contributed by atoms with E-state index in [4.69, 9.17) is 9.47 Å². The zero-order chi connectivity index (χ0) is 30.4.